The van der Waals surface area contributed by atoms with Crippen molar-refractivity contribution in [3.63, 3.8) is 0 Å². The van der Waals surface area contributed by atoms with Gasteiger partial charge in [-0.05, 0) is 25.7 Å². The number of hydrogen-bond donors (Lipinski definition) is 2. The van der Waals surface area contributed by atoms with Gasteiger partial charge >= 0.3 is 5.97 Å². The largest absolute Gasteiger partial charge is 0.480 e. The molecule has 3 N–H and O–H groups in total. The van der Waals surface area contributed by atoms with Crippen molar-refractivity contribution in [2.24, 2.45) is 5.73 Å². The maximum absolute atomic E-state index is 11.9. The molecule has 0 heterocycles. The van der Waals surface area contributed by atoms with Crippen molar-refractivity contribution in [3.05, 3.63) is 11.6 Å². The summed E-state index contributed by atoms with van der Waals surface area (Å²) in [7, 11) is 0. The Balaban J connectivity index is 2.60. The first-order valence-electron chi connectivity index (χ1n) is 5.95. The van der Waals surface area contributed by atoms with Gasteiger partial charge in [0.05, 0.1) is 6.54 Å². The van der Waals surface area contributed by atoms with E-state index < -0.39 is 18.4 Å². The average Bonchev–Trinajstić information content (AvgIpc) is 2.28. The molecular weight excluding hydrogens is 236 g/mol. The van der Waals surface area contributed by atoms with Crippen LogP contribution >= 0.6 is 0 Å². The second-order valence-corrected chi connectivity index (χ2v) is 4.39. The first-order chi connectivity index (χ1) is 8.49. The second-order valence-electron chi connectivity index (χ2n) is 4.39. The fourth-order valence-corrected chi connectivity index (χ4v) is 1.95. The molecule has 0 atom stereocenters. The van der Waals surface area contributed by atoms with E-state index >= 15 is 0 Å². The number of primary amides is 1. The van der Waals surface area contributed by atoms with E-state index in [1.807, 2.05) is 6.08 Å². The number of aliphatic carboxylic acids is 1. The predicted molar refractivity (Wildman–Crippen MR) is 64.6 cm³/mol. The number of carboxylic acid groups (broad SMARTS) is 1. The van der Waals surface area contributed by atoms with Crippen LogP contribution in [0.25, 0.3) is 0 Å². The van der Waals surface area contributed by atoms with Crippen LogP contribution in [0, 0.1) is 0 Å². The Morgan fingerprint density at radius 2 is 2.00 bits per heavy atom. The minimum atomic E-state index is -1.15. The number of nitrogens with zero attached hydrogens (tertiary/aromatic N) is 1. The summed E-state index contributed by atoms with van der Waals surface area (Å²) in [5.74, 6) is -2.21. The molecule has 2 amide bonds. The highest BCUT2D eigenvalue weighted by atomic mass is 16.4. The number of nitrogens with two attached hydrogens (primary N) is 1. The van der Waals surface area contributed by atoms with E-state index in [1.165, 1.54) is 0 Å². The first kappa shape index (κ1) is 14.2. The Morgan fingerprint density at radius 1 is 1.28 bits per heavy atom. The zero-order valence-corrected chi connectivity index (χ0v) is 10.2. The second kappa shape index (κ2) is 6.78. The zero-order valence-electron chi connectivity index (χ0n) is 10.2. The maximum Gasteiger partial charge on any atom is 0.323 e. The summed E-state index contributed by atoms with van der Waals surface area (Å²) in [5.41, 5.74) is 6.02. The van der Waals surface area contributed by atoms with Crippen LogP contribution in [0.3, 0.4) is 0 Å². The summed E-state index contributed by atoms with van der Waals surface area (Å²) < 4.78 is 0. The van der Waals surface area contributed by atoms with Crippen LogP contribution in [-0.4, -0.2) is 40.9 Å². The molecule has 0 aromatic carbocycles. The Morgan fingerprint density at radius 3 is 2.50 bits per heavy atom. The lowest BCUT2D eigenvalue weighted by Gasteiger charge is -2.20. The molecule has 0 radical (unpaired) electrons. The number of carbonyl (C=O) groups excluding carboxylic acids is 2. The van der Waals surface area contributed by atoms with Gasteiger partial charge in [-0.3, -0.25) is 14.4 Å². The molecule has 0 bridgehead atoms. The van der Waals surface area contributed by atoms with Crippen LogP contribution in [0.2, 0.25) is 0 Å². The van der Waals surface area contributed by atoms with Crippen LogP contribution in [-0.2, 0) is 14.4 Å². The maximum atomic E-state index is 11.9. The predicted octanol–water partition coefficient (Wildman–Crippen LogP) is 0.275. The molecule has 0 spiro atoms. The topological polar surface area (TPSA) is 101 Å². The first-order valence-corrected chi connectivity index (χ1v) is 5.95. The summed E-state index contributed by atoms with van der Waals surface area (Å²) >= 11 is 0. The molecule has 1 rings (SSSR count). The van der Waals surface area contributed by atoms with Gasteiger partial charge < -0.3 is 15.7 Å². The third kappa shape index (κ3) is 4.99. The molecule has 0 unspecified atom stereocenters. The molecule has 0 aromatic rings. The lowest BCUT2D eigenvalue weighted by Crippen LogP contribution is -2.41. The van der Waals surface area contributed by atoms with Crippen molar-refractivity contribution in [2.75, 3.05) is 13.1 Å². The summed E-state index contributed by atoms with van der Waals surface area (Å²) in [6.07, 6.45) is 6.19. The molecular formula is C12H18N2O4. The monoisotopic (exact) mass is 254 g/mol. The van der Waals surface area contributed by atoms with Gasteiger partial charge in [-0.2, -0.15) is 0 Å². The molecule has 0 aromatic heterocycles. The molecule has 6 nitrogen and oxygen atoms in total. The highest BCUT2D eigenvalue weighted by Gasteiger charge is 2.20. The van der Waals surface area contributed by atoms with Gasteiger partial charge in [-0.25, -0.2) is 0 Å². The molecule has 1 aliphatic rings. The number of carbonyl (C=O) groups is 3. The molecule has 0 saturated heterocycles. The van der Waals surface area contributed by atoms with Crippen molar-refractivity contribution >= 4 is 17.8 Å². The van der Waals surface area contributed by atoms with Gasteiger partial charge in [-0.15, -0.1) is 0 Å². The van der Waals surface area contributed by atoms with Gasteiger partial charge in [0.15, 0.2) is 0 Å². The average molecular weight is 254 g/mol. The number of rotatable bonds is 6. The standard InChI is InChI=1S/C12H18N2O4/c13-10(15)7-14(8-12(17)18)11(16)6-9-4-2-1-3-5-9/h4H,1-3,5-8H2,(H2,13,15)(H,17,18). The number of carboxylic acids is 1. The van der Waals surface area contributed by atoms with E-state index in [9.17, 15) is 14.4 Å². The van der Waals surface area contributed by atoms with Crippen LogP contribution in [0.4, 0.5) is 0 Å². The Labute approximate surface area is 105 Å². The summed E-state index contributed by atoms with van der Waals surface area (Å²) in [6, 6.07) is 0. The molecule has 6 heteroatoms. The van der Waals surface area contributed by atoms with Crippen molar-refractivity contribution in [1.29, 1.82) is 0 Å². The molecule has 1 aliphatic carbocycles. The smallest absolute Gasteiger partial charge is 0.323 e. The Bertz CT molecular complexity index is 360. The third-order valence-corrected chi connectivity index (χ3v) is 2.79. The highest BCUT2D eigenvalue weighted by molar-refractivity contribution is 5.87. The Kier molecular flexibility index (Phi) is 5.35. The quantitative estimate of drug-likeness (QED) is 0.664. The zero-order chi connectivity index (χ0) is 13.5. The van der Waals surface area contributed by atoms with E-state index in [4.69, 9.17) is 10.8 Å². The van der Waals surface area contributed by atoms with Gasteiger partial charge in [0, 0.05) is 6.42 Å². The van der Waals surface area contributed by atoms with Crippen LogP contribution in [0.5, 0.6) is 0 Å². The molecule has 0 aliphatic heterocycles. The summed E-state index contributed by atoms with van der Waals surface area (Å²) in [4.78, 5) is 34.3. The molecule has 18 heavy (non-hydrogen) atoms. The third-order valence-electron chi connectivity index (χ3n) is 2.79. The van der Waals surface area contributed by atoms with Crippen LogP contribution in [0.15, 0.2) is 11.6 Å². The van der Waals surface area contributed by atoms with Crippen LogP contribution in [0.1, 0.15) is 32.1 Å². The van der Waals surface area contributed by atoms with Crippen molar-refractivity contribution in [1.82, 2.24) is 4.90 Å². The normalized spacial score (nSPS) is 14.8. The summed E-state index contributed by atoms with van der Waals surface area (Å²) in [6.45, 7) is -0.840. The molecule has 100 valence electrons. The lowest BCUT2D eigenvalue weighted by molar-refractivity contribution is -0.145. The van der Waals surface area contributed by atoms with Gasteiger partial charge in [0.1, 0.15) is 6.54 Å². The Hall–Kier alpha value is -1.85. The van der Waals surface area contributed by atoms with E-state index in [0.717, 1.165) is 36.2 Å². The number of allylic oxidation sites excluding steroid dienone is 1. The molecule has 0 fully saturated rings. The minimum absolute atomic E-state index is 0.181. The fourth-order valence-electron chi connectivity index (χ4n) is 1.95. The highest BCUT2D eigenvalue weighted by Crippen LogP contribution is 2.20. The van der Waals surface area contributed by atoms with Gasteiger partial charge in [0.25, 0.3) is 0 Å². The van der Waals surface area contributed by atoms with E-state index in [-0.39, 0.29) is 18.9 Å². The molecule has 0 saturated carbocycles. The number of amides is 2. The van der Waals surface area contributed by atoms with Gasteiger partial charge in [0.2, 0.25) is 11.8 Å². The van der Waals surface area contributed by atoms with Crippen molar-refractivity contribution in [2.45, 2.75) is 32.1 Å². The summed E-state index contributed by atoms with van der Waals surface area (Å²) in [5, 5.41) is 8.69. The van der Waals surface area contributed by atoms with Crippen LogP contribution < -0.4 is 5.73 Å². The minimum Gasteiger partial charge on any atom is -0.480 e. The SMILES string of the molecule is NC(=O)CN(CC(=O)O)C(=O)CC1=CCCCC1. The fraction of sp³-hybridized carbons (Fsp3) is 0.583. The van der Waals surface area contributed by atoms with Gasteiger partial charge in [-0.1, -0.05) is 11.6 Å². The number of hydrogen-bond acceptors (Lipinski definition) is 3. The van der Waals surface area contributed by atoms with Crippen molar-refractivity contribution < 1.29 is 19.5 Å². The van der Waals surface area contributed by atoms with E-state index in [1.54, 1.807) is 0 Å². The lowest BCUT2D eigenvalue weighted by atomic mass is 9.97. The van der Waals surface area contributed by atoms with E-state index in [0.29, 0.717) is 0 Å². The van der Waals surface area contributed by atoms with Crippen molar-refractivity contribution in [3.8, 4) is 0 Å². The van der Waals surface area contributed by atoms with E-state index in [2.05, 4.69) is 0 Å².